The smallest absolute Gasteiger partial charge is 0 e. The van der Waals surface area contributed by atoms with Gasteiger partial charge in [0.05, 0.1) is 0 Å². The minimum atomic E-state index is 0. The molecule has 0 aliphatic rings. The van der Waals surface area contributed by atoms with Crippen molar-refractivity contribution in [1.82, 2.24) is 0 Å². The van der Waals surface area contributed by atoms with E-state index in [1.165, 1.54) is 11.1 Å². The van der Waals surface area contributed by atoms with Crippen LogP contribution in [0.1, 0.15) is 90.8 Å². The van der Waals surface area contributed by atoms with Crippen molar-refractivity contribution in [1.29, 1.82) is 0 Å². The molecule has 0 saturated carbocycles. The van der Waals surface area contributed by atoms with E-state index in [1.807, 2.05) is 12.1 Å². The van der Waals surface area contributed by atoms with Crippen LogP contribution in [0.3, 0.4) is 0 Å². The minimum absolute atomic E-state index is 0. The van der Waals surface area contributed by atoms with Gasteiger partial charge in [0, 0.05) is 32.7 Å². The fraction of sp³-hybridized carbons (Fsp3) is 0.481. The molecule has 0 heterocycles. The van der Waals surface area contributed by atoms with Gasteiger partial charge in [-0.15, -0.1) is 11.5 Å². The molecule has 1 radical (unpaired) electrons. The van der Waals surface area contributed by atoms with E-state index in [9.17, 15) is 0 Å². The molecule has 0 bridgehead atoms. The van der Waals surface area contributed by atoms with Crippen molar-refractivity contribution >= 4 is 6.08 Å². The predicted octanol–water partition coefficient (Wildman–Crippen LogP) is 8.55. The normalized spacial score (nSPS) is 10.5. The van der Waals surface area contributed by atoms with Crippen LogP contribution in [0, 0.1) is 24.0 Å². The topological polar surface area (TPSA) is 0 Å². The van der Waals surface area contributed by atoms with Crippen LogP contribution < -0.4 is 0 Å². The molecule has 0 atom stereocenters. The molecule has 0 aliphatic carbocycles. The van der Waals surface area contributed by atoms with Crippen LogP contribution in [-0.2, 0) is 32.7 Å². The summed E-state index contributed by atoms with van der Waals surface area (Å²) in [7, 11) is 0. The van der Waals surface area contributed by atoms with Crippen LogP contribution in [0.4, 0.5) is 0 Å². The fourth-order valence-electron chi connectivity index (χ4n) is 1.99. The van der Waals surface area contributed by atoms with Gasteiger partial charge in [0.25, 0.3) is 0 Å². The Balaban J connectivity index is 0. The second-order valence-electron chi connectivity index (χ2n) is 8.50. The zero-order chi connectivity index (χ0) is 20.8. The molecule has 0 saturated heterocycles. The Morgan fingerprint density at radius 3 is 1.54 bits per heavy atom. The standard InChI is InChI=1S/C14H18.C9H12.C4H10.Y/c1-11(2)5-6-13-7-9-14(10-8-13)12(3)4;1-8(2)9-6-4-3-5-7-9;1-4(2)3;/h6-7,9-12H,1-4H3;3-8H,1-2H3;4H,1-3H3;/q-2;;;. The average Bonchev–Trinajstić information content (AvgIpc) is 2.61. The van der Waals surface area contributed by atoms with E-state index in [0.717, 1.165) is 11.5 Å². The molecule has 1 heteroatoms. The van der Waals surface area contributed by atoms with E-state index >= 15 is 0 Å². The Hall–Kier alpha value is -0.716. The Morgan fingerprint density at radius 2 is 1.21 bits per heavy atom. The molecule has 2 aromatic carbocycles. The van der Waals surface area contributed by atoms with Crippen molar-refractivity contribution in [3.05, 3.63) is 77.4 Å². The van der Waals surface area contributed by atoms with Crippen molar-refractivity contribution in [3.8, 4) is 0 Å². The van der Waals surface area contributed by atoms with Gasteiger partial charge in [0.15, 0.2) is 0 Å². The fourth-order valence-corrected chi connectivity index (χ4v) is 1.99. The Bertz CT molecular complexity index is 602. The van der Waals surface area contributed by atoms with Gasteiger partial charge >= 0.3 is 0 Å². The van der Waals surface area contributed by atoms with Crippen LogP contribution in [0.2, 0.25) is 0 Å². The summed E-state index contributed by atoms with van der Waals surface area (Å²) in [6.07, 6.45) is 5.26. The van der Waals surface area contributed by atoms with Crippen LogP contribution in [0.15, 0.2) is 48.5 Å². The molecule has 2 aromatic rings. The van der Waals surface area contributed by atoms with Crippen LogP contribution in [-0.4, -0.2) is 0 Å². The average molecular weight is 454 g/mol. The molecule has 0 spiro atoms. The Kier molecular flexibility index (Phi) is 18.1. The zero-order valence-electron chi connectivity index (χ0n) is 19.6. The van der Waals surface area contributed by atoms with E-state index in [0.29, 0.717) is 17.8 Å². The van der Waals surface area contributed by atoms with E-state index in [-0.39, 0.29) is 32.7 Å². The molecule has 2 rings (SSSR count). The molecular formula is C27H40Y-2. The Labute approximate surface area is 201 Å². The number of hydrogen-bond donors (Lipinski definition) is 0. The summed E-state index contributed by atoms with van der Waals surface area (Å²) < 4.78 is 0. The van der Waals surface area contributed by atoms with E-state index in [2.05, 4.69) is 117 Å². The van der Waals surface area contributed by atoms with Gasteiger partial charge in [-0.1, -0.05) is 98.6 Å². The number of hydrogen-bond acceptors (Lipinski definition) is 0. The number of benzene rings is 2. The largest absolute Gasteiger partial charge is 0.324 e. The van der Waals surface area contributed by atoms with Gasteiger partial charge in [-0.3, -0.25) is 0 Å². The summed E-state index contributed by atoms with van der Waals surface area (Å²) in [4.78, 5) is 0. The maximum Gasteiger partial charge on any atom is 0 e. The second kappa shape index (κ2) is 17.2. The molecule has 153 valence electrons. The first-order chi connectivity index (χ1) is 12.6. The first-order valence-electron chi connectivity index (χ1n) is 10.3. The minimum Gasteiger partial charge on any atom is -0.324 e. The van der Waals surface area contributed by atoms with Crippen molar-refractivity contribution in [2.45, 2.75) is 74.1 Å². The third kappa shape index (κ3) is 16.3. The predicted molar refractivity (Wildman–Crippen MR) is 123 cm³/mol. The van der Waals surface area contributed by atoms with E-state index in [1.54, 1.807) is 0 Å². The van der Waals surface area contributed by atoms with Gasteiger partial charge in [0.2, 0.25) is 0 Å². The third-order valence-corrected chi connectivity index (χ3v) is 3.57. The van der Waals surface area contributed by atoms with Gasteiger partial charge in [-0.25, -0.2) is 12.1 Å². The molecule has 0 amide bonds. The maximum absolute atomic E-state index is 3.26. The first kappa shape index (κ1) is 29.5. The summed E-state index contributed by atoms with van der Waals surface area (Å²) in [5.41, 5.74) is 3.87. The number of rotatable bonds is 4. The van der Waals surface area contributed by atoms with Gasteiger partial charge in [-0.05, 0) is 17.4 Å². The molecule has 0 aromatic heterocycles. The second-order valence-corrected chi connectivity index (χ2v) is 8.50. The maximum atomic E-state index is 3.26. The molecule has 0 unspecified atom stereocenters. The molecular weight excluding hydrogens is 413 g/mol. The van der Waals surface area contributed by atoms with Crippen molar-refractivity contribution < 1.29 is 32.7 Å². The first-order valence-corrected chi connectivity index (χ1v) is 10.3. The molecule has 0 fully saturated rings. The molecule has 0 N–H and O–H groups in total. The molecule has 0 nitrogen and oxygen atoms in total. The van der Waals surface area contributed by atoms with Crippen molar-refractivity contribution in [2.24, 2.45) is 11.8 Å². The van der Waals surface area contributed by atoms with Crippen molar-refractivity contribution in [3.63, 3.8) is 0 Å². The molecule has 28 heavy (non-hydrogen) atoms. The van der Waals surface area contributed by atoms with Crippen LogP contribution >= 0.6 is 0 Å². The summed E-state index contributed by atoms with van der Waals surface area (Å²) in [5.74, 6) is 2.55. The van der Waals surface area contributed by atoms with Gasteiger partial charge in [-0.2, -0.15) is 12.1 Å². The SMILES string of the molecule is CC(C)C.CC(C)[C-]=Cc1[c-]cc(C(C)C)cc1.CC(C)c1ccccc1.[Y]. The van der Waals surface area contributed by atoms with Crippen molar-refractivity contribution in [2.75, 3.05) is 0 Å². The zero-order valence-corrected chi connectivity index (χ0v) is 22.4. The summed E-state index contributed by atoms with van der Waals surface area (Å²) in [6, 6.07) is 20.1. The summed E-state index contributed by atoms with van der Waals surface area (Å²) in [5, 5.41) is 0. The third-order valence-electron chi connectivity index (χ3n) is 3.57. The monoisotopic (exact) mass is 453 g/mol. The van der Waals surface area contributed by atoms with Gasteiger partial charge in [0.1, 0.15) is 0 Å². The van der Waals surface area contributed by atoms with E-state index in [4.69, 9.17) is 0 Å². The number of allylic oxidation sites excluding steroid dienone is 1. The quantitative estimate of drug-likeness (QED) is 0.407. The molecule has 0 aliphatic heterocycles. The van der Waals surface area contributed by atoms with Gasteiger partial charge < -0.3 is 17.7 Å². The van der Waals surface area contributed by atoms with Crippen LogP contribution in [0.25, 0.3) is 6.08 Å². The summed E-state index contributed by atoms with van der Waals surface area (Å²) >= 11 is 0. The summed E-state index contributed by atoms with van der Waals surface area (Å²) in [6.45, 7) is 19.5. The Morgan fingerprint density at radius 1 is 0.714 bits per heavy atom. The van der Waals surface area contributed by atoms with E-state index < -0.39 is 0 Å². The van der Waals surface area contributed by atoms with Crippen LogP contribution in [0.5, 0.6) is 0 Å².